The van der Waals surface area contributed by atoms with Crippen molar-refractivity contribution in [1.82, 2.24) is 0 Å². The lowest BCUT2D eigenvalue weighted by molar-refractivity contribution is 1.55. The fourth-order valence-corrected chi connectivity index (χ4v) is 16.5. The van der Waals surface area contributed by atoms with Crippen LogP contribution in [-0.2, 0) is 0 Å². The van der Waals surface area contributed by atoms with E-state index in [0.717, 1.165) is 0 Å². The zero-order chi connectivity index (χ0) is 31.0. The minimum absolute atomic E-state index is 1.27. The van der Waals surface area contributed by atoms with Gasteiger partial charge in [0.2, 0.25) is 0 Å². The van der Waals surface area contributed by atoms with E-state index in [1.165, 1.54) is 41.5 Å². The standard InChI is InChI=1S/C43H38Si2/c1-3-37(45(41-28-16-7-17-29-41,42-30-18-8-19-31-42)43-32-20-9-21-33-43)35-34-36(2)44(38-22-10-4-11-23-38,39-24-12-5-13-25-39)40-26-14-6-15-27-40/h3-35H,1H2,2H3. The first kappa shape index (κ1) is 30.0. The third kappa shape index (κ3) is 5.55. The van der Waals surface area contributed by atoms with Crippen molar-refractivity contribution in [3.63, 3.8) is 0 Å². The van der Waals surface area contributed by atoms with E-state index in [0.29, 0.717) is 0 Å². The van der Waals surface area contributed by atoms with Crippen LogP contribution in [0.5, 0.6) is 0 Å². The lowest BCUT2D eigenvalue weighted by Gasteiger charge is -2.36. The first-order valence-corrected chi connectivity index (χ1v) is 19.6. The van der Waals surface area contributed by atoms with Crippen LogP contribution in [-0.4, -0.2) is 16.1 Å². The van der Waals surface area contributed by atoms with Crippen molar-refractivity contribution in [1.29, 1.82) is 0 Å². The maximum atomic E-state index is 4.47. The van der Waals surface area contributed by atoms with Crippen molar-refractivity contribution in [2.75, 3.05) is 0 Å². The molecule has 0 aliphatic rings. The number of allylic oxidation sites excluding steroid dienone is 5. The predicted octanol–water partition coefficient (Wildman–Crippen LogP) is 6.46. The predicted molar refractivity (Wildman–Crippen MR) is 200 cm³/mol. The summed E-state index contributed by atoms with van der Waals surface area (Å²) in [5, 5.41) is 10.8. The molecule has 6 aromatic rings. The molecule has 2 heteroatoms. The molecule has 0 spiro atoms. The topological polar surface area (TPSA) is 0 Å². The summed E-state index contributed by atoms with van der Waals surface area (Å²) in [6.45, 7) is 6.81. The monoisotopic (exact) mass is 610 g/mol. The Labute approximate surface area is 270 Å². The second-order valence-electron chi connectivity index (χ2n) is 11.4. The van der Waals surface area contributed by atoms with Gasteiger partial charge in [-0.05, 0) is 43.2 Å². The highest BCUT2D eigenvalue weighted by Gasteiger charge is 2.43. The Kier molecular flexibility index (Phi) is 9.16. The molecule has 0 radical (unpaired) electrons. The van der Waals surface area contributed by atoms with Crippen molar-refractivity contribution in [2.24, 2.45) is 0 Å². The Balaban J connectivity index is 1.67. The molecule has 0 atom stereocenters. The number of hydrogen-bond donors (Lipinski definition) is 0. The molecule has 0 unspecified atom stereocenters. The molecule has 0 aliphatic heterocycles. The lowest BCUT2D eigenvalue weighted by atomic mass is 10.3. The van der Waals surface area contributed by atoms with Crippen LogP contribution in [0.1, 0.15) is 6.92 Å². The fraction of sp³-hybridized carbons (Fsp3) is 0.0233. The smallest absolute Gasteiger partial charge is 0.0991 e. The maximum absolute atomic E-state index is 4.47. The summed E-state index contributed by atoms with van der Waals surface area (Å²) in [5.41, 5.74) is 0. The quantitative estimate of drug-likeness (QED) is 0.0949. The Bertz CT molecular complexity index is 1690. The average Bonchev–Trinajstić information content (AvgIpc) is 3.13. The van der Waals surface area contributed by atoms with Crippen molar-refractivity contribution < 1.29 is 0 Å². The molecule has 0 saturated heterocycles. The van der Waals surface area contributed by atoms with Crippen LogP contribution in [0.25, 0.3) is 0 Å². The minimum Gasteiger partial charge on any atom is -0.0991 e. The summed E-state index contributed by atoms with van der Waals surface area (Å²) in [6.07, 6.45) is 6.91. The van der Waals surface area contributed by atoms with E-state index in [2.05, 4.69) is 214 Å². The van der Waals surface area contributed by atoms with Gasteiger partial charge in [-0.2, -0.15) is 0 Å². The fourth-order valence-electron chi connectivity index (χ4n) is 7.00. The molecule has 6 aromatic carbocycles. The summed E-state index contributed by atoms with van der Waals surface area (Å²) >= 11 is 0. The van der Waals surface area contributed by atoms with Gasteiger partial charge in [-0.15, -0.1) is 0 Å². The molecule has 6 rings (SSSR count). The Morgan fingerprint density at radius 3 is 0.867 bits per heavy atom. The number of benzene rings is 6. The van der Waals surface area contributed by atoms with Crippen LogP contribution in [0.15, 0.2) is 217 Å². The highest BCUT2D eigenvalue weighted by molar-refractivity contribution is 7.17. The van der Waals surface area contributed by atoms with Crippen molar-refractivity contribution in [3.8, 4) is 0 Å². The molecule has 218 valence electrons. The van der Waals surface area contributed by atoms with Crippen molar-refractivity contribution in [2.45, 2.75) is 6.92 Å². The van der Waals surface area contributed by atoms with E-state index < -0.39 is 16.1 Å². The molecule has 0 bridgehead atoms. The maximum Gasteiger partial charge on any atom is 0.179 e. The van der Waals surface area contributed by atoms with Gasteiger partial charge in [0.05, 0.1) is 0 Å². The average molecular weight is 611 g/mol. The molecule has 0 nitrogen and oxygen atoms in total. The minimum atomic E-state index is -2.70. The van der Waals surface area contributed by atoms with E-state index in [9.17, 15) is 0 Å². The summed E-state index contributed by atoms with van der Waals surface area (Å²) in [5.74, 6) is 0. The Morgan fingerprint density at radius 1 is 0.378 bits per heavy atom. The second kappa shape index (κ2) is 13.7. The van der Waals surface area contributed by atoms with E-state index in [1.807, 2.05) is 0 Å². The number of hydrogen-bond acceptors (Lipinski definition) is 0. The number of rotatable bonds is 10. The molecular formula is C43H38Si2. The largest absolute Gasteiger partial charge is 0.179 e. The Hall–Kier alpha value is -5.03. The van der Waals surface area contributed by atoms with E-state index >= 15 is 0 Å². The van der Waals surface area contributed by atoms with Gasteiger partial charge in [-0.25, -0.2) is 0 Å². The van der Waals surface area contributed by atoms with Crippen LogP contribution in [0, 0.1) is 0 Å². The first-order valence-electron chi connectivity index (χ1n) is 15.6. The molecule has 0 aromatic heterocycles. The van der Waals surface area contributed by atoms with Crippen LogP contribution in [0.2, 0.25) is 0 Å². The molecule has 45 heavy (non-hydrogen) atoms. The molecule has 0 saturated carbocycles. The van der Waals surface area contributed by atoms with Crippen molar-refractivity contribution in [3.05, 3.63) is 217 Å². The van der Waals surface area contributed by atoms with Gasteiger partial charge in [-0.3, -0.25) is 0 Å². The summed E-state index contributed by atoms with van der Waals surface area (Å²) in [7, 11) is -5.31. The lowest BCUT2D eigenvalue weighted by Crippen LogP contribution is -2.68. The third-order valence-corrected chi connectivity index (χ3v) is 18.8. The van der Waals surface area contributed by atoms with Crippen LogP contribution in [0.4, 0.5) is 0 Å². The van der Waals surface area contributed by atoms with Gasteiger partial charge in [0.1, 0.15) is 0 Å². The van der Waals surface area contributed by atoms with Gasteiger partial charge in [0.15, 0.2) is 16.1 Å². The van der Waals surface area contributed by atoms with E-state index in [1.54, 1.807) is 0 Å². The van der Waals surface area contributed by atoms with Gasteiger partial charge in [-0.1, -0.05) is 212 Å². The SMILES string of the molecule is C=CC(=CC=C(C)[Si](c1ccccc1)(c1ccccc1)c1ccccc1)[Si](c1ccccc1)(c1ccccc1)c1ccccc1. The molecule has 0 amide bonds. The van der Waals surface area contributed by atoms with Gasteiger partial charge < -0.3 is 0 Å². The van der Waals surface area contributed by atoms with Crippen LogP contribution < -0.4 is 31.1 Å². The summed E-state index contributed by atoms with van der Waals surface area (Å²) in [4.78, 5) is 0. The summed E-state index contributed by atoms with van der Waals surface area (Å²) in [6, 6.07) is 66.5. The molecule has 0 heterocycles. The van der Waals surface area contributed by atoms with Gasteiger partial charge in [0.25, 0.3) is 0 Å². The third-order valence-electron chi connectivity index (χ3n) is 9.00. The molecule has 0 fully saturated rings. The molecular weight excluding hydrogens is 573 g/mol. The van der Waals surface area contributed by atoms with E-state index in [-0.39, 0.29) is 0 Å². The van der Waals surface area contributed by atoms with Gasteiger partial charge >= 0.3 is 0 Å². The van der Waals surface area contributed by atoms with Crippen LogP contribution >= 0.6 is 0 Å². The van der Waals surface area contributed by atoms with Crippen molar-refractivity contribution >= 4 is 47.3 Å². The molecule has 0 aliphatic carbocycles. The highest BCUT2D eigenvalue weighted by atomic mass is 28.3. The highest BCUT2D eigenvalue weighted by Crippen LogP contribution is 2.22. The Morgan fingerprint density at radius 2 is 0.622 bits per heavy atom. The summed E-state index contributed by atoms with van der Waals surface area (Å²) < 4.78 is 0. The van der Waals surface area contributed by atoms with E-state index in [4.69, 9.17) is 0 Å². The zero-order valence-electron chi connectivity index (χ0n) is 25.8. The van der Waals surface area contributed by atoms with Gasteiger partial charge in [0, 0.05) is 0 Å². The first-order chi connectivity index (χ1) is 22.2. The van der Waals surface area contributed by atoms with Crippen LogP contribution in [0.3, 0.4) is 0 Å². The zero-order valence-corrected chi connectivity index (χ0v) is 27.8. The second-order valence-corrected chi connectivity index (χ2v) is 19.2. The normalized spacial score (nSPS) is 12.5. The molecule has 0 N–H and O–H groups in total.